The Kier molecular flexibility index (Phi) is 5.35. The average molecular weight is 529 g/mol. The number of cyclic esters (lactones) is 2. The first-order valence-electron chi connectivity index (χ1n) is 6.29. The highest BCUT2D eigenvalue weighted by Crippen LogP contribution is 2.43. The van der Waals surface area contributed by atoms with Crippen molar-refractivity contribution < 1.29 is 24.0 Å². The average Bonchev–Trinajstić information content (AvgIpc) is 2.38. The van der Waals surface area contributed by atoms with Crippen molar-refractivity contribution >= 4 is 71.1 Å². The zero-order valence-corrected chi connectivity index (χ0v) is 16.9. The molecule has 2 rings (SSSR count). The summed E-state index contributed by atoms with van der Waals surface area (Å²) in [5, 5.41) is 13.8. The fraction of sp³-hybridized carbons (Fsp3) is 0.231. The van der Waals surface area contributed by atoms with Crippen LogP contribution < -0.4 is 5.32 Å². The lowest BCUT2D eigenvalue weighted by molar-refractivity contribution is -0.386. The molecule has 1 fully saturated rings. The van der Waals surface area contributed by atoms with Crippen LogP contribution in [0.1, 0.15) is 13.8 Å². The molecule has 0 bridgehead atoms. The molecule has 0 saturated carbocycles. The van der Waals surface area contributed by atoms with Crippen molar-refractivity contribution in [1.82, 2.24) is 0 Å². The number of benzene rings is 1. The number of rotatable bonds is 3. The smallest absolute Gasteiger partial charge is 0.350 e. The third-order valence-corrected chi connectivity index (χ3v) is 4.81. The molecule has 1 aromatic rings. The van der Waals surface area contributed by atoms with Crippen LogP contribution in [0.5, 0.6) is 0 Å². The summed E-state index contributed by atoms with van der Waals surface area (Å²) in [7, 11) is 0. The molecule has 0 aliphatic carbocycles. The van der Waals surface area contributed by atoms with Crippen LogP contribution >= 0.6 is 47.8 Å². The largest absolute Gasteiger partial charge is 0.419 e. The van der Waals surface area contributed by atoms with E-state index in [0.29, 0.717) is 4.47 Å². The molecule has 1 N–H and O–H groups in total. The Morgan fingerprint density at radius 1 is 1.17 bits per heavy atom. The van der Waals surface area contributed by atoms with Crippen molar-refractivity contribution in [3.05, 3.63) is 41.4 Å². The number of halogens is 3. The molecule has 0 atom stereocenters. The highest BCUT2D eigenvalue weighted by molar-refractivity contribution is 9.11. The SMILES string of the molecule is CC1(C)OC(=O)C(=CNc2c(Br)cc(Br)c([N+](=O)[O-])c2Br)C(=O)O1. The molecule has 128 valence electrons. The number of anilines is 1. The molecule has 11 heteroatoms. The van der Waals surface area contributed by atoms with Crippen LogP contribution in [0.2, 0.25) is 0 Å². The Labute approximate surface area is 161 Å². The lowest BCUT2D eigenvalue weighted by Crippen LogP contribution is -2.42. The van der Waals surface area contributed by atoms with Crippen molar-refractivity contribution in [3.63, 3.8) is 0 Å². The lowest BCUT2D eigenvalue weighted by atomic mass is 10.2. The van der Waals surface area contributed by atoms with Gasteiger partial charge < -0.3 is 14.8 Å². The molecule has 0 spiro atoms. The van der Waals surface area contributed by atoms with E-state index in [0.717, 1.165) is 6.20 Å². The first-order chi connectivity index (χ1) is 11.0. The van der Waals surface area contributed by atoms with Crippen molar-refractivity contribution in [2.45, 2.75) is 19.6 Å². The second-order valence-electron chi connectivity index (χ2n) is 5.02. The van der Waals surface area contributed by atoms with Gasteiger partial charge in [-0.05, 0) is 53.9 Å². The van der Waals surface area contributed by atoms with E-state index in [4.69, 9.17) is 9.47 Å². The number of nitrogens with one attached hydrogen (secondary N) is 1. The first-order valence-corrected chi connectivity index (χ1v) is 8.66. The fourth-order valence-corrected chi connectivity index (χ4v) is 4.44. The second kappa shape index (κ2) is 6.81. The number of esters is 2. The van der Waals surface area contributed by atoms with E-state index in [1.807, 2.05) is 0 Å². The monoisotopic (exact) mass is 526 g/mol. The van der Waals surface area contributed by atoms with Gasteiger partial charge in [0.1, 0.15) is 4.47 Å². The third kappa shape index (κ3) is 3.78. The summed E-state index contributed by atoms with van der Waals surface area (Å²) in [6, 6.07) is 1.46. The van der Waals surface area contributed by atoms with Gasteiger partial charge in [-0.15, -0.1) is 0 Å². The van der Waals surface area contributed by atoms with E-state index in [1.165, 1.54) is 19.9 Å². The summed E-state index contributed by atoms with van der Waals surface area (Å²) in [4.78, 5) is 34.3. The maximum absolute atomic E-state index is 11.9. The second-order valence-corrected chi connectivity index (χ2v) is 7.52. The highest BCUT2D eigenvalue weighted by Gasteiger charge is 2.39. The molecule has 0 amide bonds. The van der Waals surface area contributed by atoms with Crippen LogP contribution in [0.25, 0.3) is 0 Å². The predicted octanol–water partition coefficient (Wildman–Crippen LogP) is 4.01. The Balaban J connectivity index is 2.39. The summed E-state index contributed by atoms with van der Waals surface area (Å²) in [5.41, 5.74) is -0.324. The minimum Gasteiger partial charge on any atom is -0.419 e. The minimum atomic E-state index is -1.34. The number of hydrogen-bond donors (Lipinski definition) is 1. The van der Waals surface area contributed by atoms with Gasteiger partial charge in [-0.2, -0.15) is 0 Å². The molecule has 1 saturated heterocycles. The molecule has 1 aliphatic heterocycles. The van der Waals surface area contributed by atoms with E-state index in [-0.39, 0.29) is 25.9 Å². The third-order valence-electron chi connectivity index (χ3n) is 2.81. The molecule has 0 radical (unpaired) electrons. The van der Waals surface area contributed by atoms with Gasteiger partial charge in [-0.25, -0.2) is 9.59 Å². The van der Waals surface area contributed by atoms with Crippen LogP contribution in [-0.2, 0) is 19.1 Å². The molecule has 1 heterocycles. The summed E-state index contributed by atoms with van der Waals surface area (Å²) >= 11 is 9.48. The van der Waals surface area contributed by atoms with Crippen molar-refractivity contribution in [3.8, 4) is 0 Å². The topological polar surface area (TPSA) is 108 Å². The molecular weight excluding hydrogens is 520 g/mol. The first kappa shape index (κ1) is 18.9. The van der Waals surface area contributed by atoms with Crippen LogP contribution in [-0.4, -0.2) is 22.6 Å². The highest BCUT2D eigenvalue weighted by atomic mass is 79.9. The molecule has 1 aromatic carbocycles. The maximum Gasteiger partial charge on any atom is 0.350 e. The van der Waals surface area contributed by atoms with Crippen molar-refractivity contribution in [2.24, 2.45) is 0 Å². The zero-order chi connectivity index (χ0) is 18.2. The van der Waals surface area contributed by atoms with Gasteiger partial charge in [0.25, 0.3) is 11.5 Å². The van der Waals surface area contributed by atoms with E-state index < -0.39 is 22.6 Å². The van der Waals surface area contributed by atoms with Gasteiger partial charge in [-0.3, -0.25) is 10.1 Å². The normalized spacial score (nSPS) is 16.3. The summed E-state index contributed by atoms with van der Waals surface area (Å²) < 4.78 is 10.8. The van der Waals surface area contributed by atoms with Crippen molar-refractivity contribution in [2.75, 3.05) is 5.32 Å². The number of nitro benzene ring substituents is 1. The van der Waals surface area contributed by atoms with Crippen LogP contribution in [0, 0.1) is 10.1 Å². The lowest BCUT2D eigenvalue weighted by Gasteiger charge is -2.29. The number of carbonyl (C=O) groups is 2. The number of hydrogen-bond acceptors (Lipinski definition) is 7. The Morgan fingerprint density at radius 2 is 1.71 bits per heavy atom. The van der Waals surface area contributed by atoms with Crippen LogP contribution in [0.3, 0.4) is 0 Å². The summed E-state index contributed by atoms with van der Waals surface area (Å²) in [5.74, 6) is -3.06. The van der Waals surface area contributed by atoms with E-state index >= 15 is 0 Å². The van der Waals surface area contributed by atoms with Crippen LogP contribution in [0.15, 0.2) is 31.3 Å². The van der Waals surface area contributed by atoms with E-state index in [2.05, 4.69) is 53.1 Å². The Bertz CT molecular complexity index is 768. The molecule has 0 unspecified atom stereocenters. The molecular formula is C13H9Br3N2O6. The Hall–Kier alpha value is -1.46. The predicted molar refractivity (Wildman–Crippen MR) is 94.2 cm³/mol. The van der Waals surface area contributed by atoms with Gasteiger partial charge in [0.05, 0.1) is 15.1 Å². The molecule has 0 aromatic heterocycles. The van der Waals surface area contributed by atoms with E-state index in [9.17, 15) is 19.7 Å². The summed E-state index contributed by atoms with van der Waals surface area (Å²) in [6.45, 7) is 2.86. The van der Waals surface area contributed by atoms with Gasteiger partial charge in [0.15, 0.2) is 5.57 Å². The van der Waals surface area contributed by atoms with Gasteiger partial charge in [0, 0.05) is 24.5 Å². The molecule has 1 aliphatic rings. The standard InChI is InChI=1S/C13H9Br3N2O6/c1-13(2)23-11(19)5(12(20)24-13)4-17-9-6(14)3-7(15)10(8(9)16)18(21)22/h3-4,17H,1-2H3. The summed E-state index contributed by atoms with van der Waals surface area (Å²) in [6.07, 6.45) is 1.07. The number of ether oxygens (including phenoxy) is 2. The van der Waals surface area contributed by atoms with Crippen molar-refractivity contribution in [1.29, 1.82) is 0 Å². The number of carbonyl (C=O) groups excluding carboxylic acids is 2. The Morgan fingerprint density at radius 3 is 2.21 bits per heavy atom. The maximum atomic E-state index is 11.9. The molecule has 8 nitrogen and oxygen atoms in total. The number of nitrogens with zero attached hydrogens (tertiary/aromatic N) is 1. The van der Waals surface area contributed by atoms with Crippen LogP contribution in [0.4, 0.5) is 11.4 Å². The van der Waals surface area contributed by atoms with Gasteiger partial charge in [0.2, 0.25) is 0 Å². The number of nitro groups is 1. The fourth-order valence-electron chi connectivity index (χ4n) is 1.80. The minimum absolute atomic E-state index is 0.128. The quantitative estimate of drug-likeness (QED) is 0.207. The van der Waals surface area contributed by atoms with E-state index in [1.54, 1.807) is 0 Å². The van der Waals surface area contributed by atoms with Gasteiger partial charge >= 0.3 is 11.9 Å². The molecule has 24 heavy (non-hydrogen) atoms. The zero-order valence-electron chi connectivity index (χ0n) is 12.2. The van der Waals surface area contributed by atoms with Gasteiger partial charge in [-0.1, -0.05) is 0 Å².